The third-order valence-electron chi connectivity index (χ3n) is 1.37. The number of rotatable bonds is 0. The lowest BCUT2D eigenvalue weighted by atomic mass is 10.0. The van der Waals surface area contributed by atoms with E-state index in [-0.39, 0.29) is 0 Å². The Balaban J connectivity index is 2.90. The lowest BCUT2D eigenvalue weighted by Gasteiger charge is -2.23. The molecule has 0 aromatic carbocycles. The van der Waals surface area contributed by atoms with Gasteiger partial charge in [-0.15, -0.1) is 0 Å². The number of allylic oxidation sites excluding steroid dienone is 2. The molecule has 0 aromatic heterocycles. The van der Waals surface area contributed by atoms with Crippen molar-refractivity contribution in [2.75, 3.05) is 0 Å². The van der Waals surface area contributed by atoms with Crippen LogP contribution >= 0.6 is 15.9 Å². The van der Waals surface area contributed by atoms with Crippen LogP contribution in [0.15, 0.2) is 23.8 Å². The molecule has 0 bridgehead atoms. The average Bonchev–Trinajstić information content (AvgIpc) is 1.95. The van der Waals surface area contributed by atoms with E-state index in [0.29, 0.717) is 5.57 Å². The summed E-state index contributed by atoms with van der Waals surface area (Å²) in [5.74, 6) is -1.87. The topological polar surface area (TPSA) is 64.2 Å². The van der Waals surface area contributed by atoms with Crippen LogP contribution in [0.3, 0.4) is 0 Å². The number of hydrogen-bond donors (Lipinski definition) is 2. The van der Waals surface area contributed by atoms with Crippen LogP contribution in [-0.2, 0) is 0 Å². The molecule has 0 fully saturated rings. The largest absolute Gasteiger partial charge is 0.361 e. The Labute approximate surface area is 72.4 Å². The molecular weight excluding hydrogens is 210 g/mol. The summed E-state index contributed by atoms with van der Waals surface area (Å²) in [6.45, 7) is 0. The fourth-order valence-corrected chi connectivity index (χ4v) is 1.15. The second kappa shape index (κ2) is 2.78. The molecule has 1 unspecified atom stereocenters. The molecule has 0 aliphatic heterocycles. The number of halogens is 1. The van der Waals surface area contributed by atoms with Gasteiger partial charge >= 0.3 is 0 Å². The molecule has 4 heteroatoms. The molecule has 0 amide bonds. The quantitative estimate of drug-likeness (QED) is 0.456. The summed E-state index contributed by atoms with van der Waals surface area (Å²) in [4.78, 5) is -0.616. The van der Waals surface area contributed by atoms with Gasteiger partial charge in [0.15, 0.2) is 5.79 Å². The highest BCUT2D eigenvalue weighted by Gasteiger charge is 2.30. The molecule has 58 valence electrons. The van der Waals surface area contributed by atoms with Gasteiger partial charge in [0.2, 0.25) is 0 Å². The van der Waals surface area contributed by atoms with Crippen molar-refractivity contribution < 1.29 is 10.2 Å². The van der Waals surface area contributed by atoms with Crippen molar-refractivity contribution in [2.24, 2.45) is 0 Å². The molecule has 0 radical (unpaired) electrons. The first kappa shape index (κ1) is 8.47. The van der Waals surface area contributed by atoms with E-state index in [4.69, 9.17) is 15.5 Å². The zero-order valence-electron chi connectivity index (χ0n) is 5.53. The minimum absolute atomic E-state index is 0.422. The zero-order valence-corrected chi connectivity index (χ0v) is 7.12. The van der Waals surface area contributed by atoms with Crippen molar-refractivity contribution in [1.29, 1.82) is 5.26 Å². The molecule has 0 spiro atoms. The lowest BCUT2D eigenvalue weighted by Crippen LogP contribution is -2.36. The number of hydrogen-bond acceptors (Lipinski definition) is 3. The van der Waals surface area contributed by atoms with E-state index in [1.807, 2.05) is 6.07 Å². The highest BCUT2D eigenvalue weighted by Crippen LogP contribution is 2.24. The summed E-state index contributed by atoms with van der Waals surface area (Å²) in [6.07, 6.45) is 3.99. The molecule has 0 saturated carbocycles. The molecule has 3 nitrogen and oxygen atoms in total. The first-order valence-corrected chi connectivity index (χ1v) is 3.88. The van der Waals surface area contributed by atoms with Gasteiger partial charge in [-0.3, -0.25) is 0 Å². The number of nitriles is 1. The predicted molar refractivity (Wildman–Crippen MR) is 42.7 cm³/mol. The maximum Gasteiger partial charge on any atom is 0.199 e. The van der Waals surface area contributed by atoms with Gasteiger partial charge in [-0.1, -0.05) is 15.9 Å². The summed E-state index contributed by atoms with van der Waals surface area (Å²) in [7, 11) is 0. The maximum atomic E-state index is 9.12. The van der Waals surface area contributed by atoms with E-state index < -0.39 is 10.6 Å². The Kier molecular flexibility index (Phi) is 2.14. The first-order valence-electron chi connectivity index (χ1n) is 2.96. The molecule has 0 saturated heterocycles. The minimum Gasteiger partial charge on any atom is -0.361 e. The Bertz CT molecular complexity index is 262. The summed E-state index contributed by atoms with van der Waals surface area (Å²) in [6, 6.07) is 1.89. The maximum absolute atomic E-state index is 9.12. The van der Waals surface area contributed by atoms with E-state index >= 15 is 0 Å². The van der Waals surface area contributed by atoms with Crippen LogP contribution in [-0.4, -0.2) is 20.8 Å². The summed E-state index contributed by atoms with van der Waals surface area (Å²) in [5, 5.41) is 26.7. The minimum atomic E-state index is -1.87. The van der Waals surface area contributed by atoms with Crippen molar-refractivity contribution in [2.45, 2.75) is 10.6 Å². The Hall–Kier alpha value is -0.630. The van der Waals surface area contributed by atoms with Gasteiger partial charge in [-0.05, 0) is 18.2 Å². The van der Waals surface area contributed by atoms with Crippen LogP contribution in [0, 0.1) is 11.3 Å². The zero-order chi connectivity index (χ0) is 8.48. The monoisotopic (exact) mass is 215 g/mol. The Morgan fingerprint density at radius 1 is 1.64 bits per heavy atom. The molecule has 1 rings (SSSR count). The van der Waals surface area contributed by atoms with Gasteiger partial charge in [0.25, 0.3) is 0 Å². The van der Waals surface area contributed by atoms with Gasteiger partial charge < -0.3 is 10.2 Å². The van der Waals surface area contributed by atoms with Gasteiger partial charge in [-0.25, -0.2) is 0 Å². The number of aliphatic hydroxyl groups is 2. The SMILES string of the molecule is N#CC1=CC(Br)C(O)(O)C=C1. The number of nitrogens with zero attached hydrogens (tertiary/aromatic N) is 1. The summed E-state index contributed by atoms with van der Waals surface area (Å²) in [5.41, 5.74) is 0.422. The van der Waals surface area contributed by atoms with Gasteiger partial charge in [0.1, 0.15) is 0 Å². The molecule has 0 aromatic rings. The lowest BCUT2D eigenvalue weighted by molar-refractivity contribution is -0.109. The van der Waals surface area contributed by atoms with E-state index in [1.54, 1.807) is 0 Å². The van der Waals surface area contributed by atoms with E-state index in [1.165, 1.54) is 18.2 Å². The molecule has 1 aliphatic rings. The smallest absolute Gasteiger partial charge is 0.199 e. The third-order valence-corrected chi connectivity index (χ3v) is 2.31. The van der Waals surface area contributed by atoms with Crippen LogP contribution in [0.2, 0.25) is 0 Å². The molecule has 0 heterocycles. The van der Waals surface area contributed by atoms with Crippen molar-refractivity contribution >= 4 is 15.9 Å². The Morgan fingerprint density at radius 3 is 2.73 bits per heavy atom. The van der Waals surface area contributed by atoms with E-state index in [0.717, 1.165) is 0 Å². The van der Waals surface area contributed by atoms with E-state index in [2.05, 4.69) is 15.9 Å². The molecule has 1 atom stereocenters. The van der Waals surface area contributed by atoms with Crippen LogP contribution < -0.4 is 0 Å². The summed E-state index contributed by atoms with van der Waals surface area (Å²) >= 11 is 3.01. The average molecular weight is 216 g/mol. The fourth-order valence-electron chi connectivity index (χ4n) is 0.715. The van der Waals surface area contributed by atoms with Crippen molar-refractivity contribution in [3.63, 3.8) is 0 Å². The normalized spacial score (nSPS) is 27.5. The summed E-state index contributed by atoms with van der Waals surface area (Å²) < 4.78 is 0. The highest BCUT2D eigenvalue weighted by molar-refractivity contribution is 9.09. The molecule has 11 heavy (non-hydrogen) atoms. The predicted octanol–water partition coefficient (Wildman–Crippen LogP) is 0.451. The van der Waals surface area contributed by atoms with Gasteiger partial charge in [0, 0.05) is 5.57 Å². The molecular formula is C7H6BrNO2. The standard InChI is InChI=1S/C7H6BrNO2/c8-6-3-5(4-9)1-2-7(6,10)11/h1-3,6,10-11H. The van der Waals surface area contributed by atoms with Crippen LogP contribution in [0.1, 0.15) is 0 Å². The van der Waals surface area contributed by atoms with Crippen molar-refractivity contribution in [3.05, 3.63) is 23.8 Å². The second-order valence-corrected chi connectivity index (χ2v) is 3.24. The Morgan fingerprint density at radius 2 is 2.27 bits per heavy atom. The van der Waals surface area contributed by atoms with Crippen LogP contribution in [0.25, 0.3) is 0 Å². The second-order valence-electron chi connectivity index (χ2n) is 2.25. The number of alkyl halides is 1. The van der Waals surface area contributed by atoms with Crippen molar-refractivity contribution in [1.82, 2.24) is 0 Å². The first-order chi connectivity index (χ1) is 5.06. The van der Waals surface area contributed by atoms with Gasteiger partial charge in [-0.2, -0.15) is 5.26 Å². The van der Waals surface area contributed by atoms with Crippen LogP contribution in [0.4, 0.5) is 0 Å². The third kappa shape index (κ3) is 1.69. The molecule has 1 aliphatic carbocycles. The van der Waals surface area contributed by atoms with Crippen LogP contribution in [0.5, 0.6) is 0 Å². The molecule has 2 N–H and O–H groups in total. The van der Waals surface area contributed by atoms with E-state index in [9.17, 15) is 0 Å². The van der Waals surface area contributed by atoms with Crippen molar-refractivity contribution in [3.8, 4) is 6.07 Å². The highest BCUT2D eigenvalue weighted by atomic mass is 79.9. The fraction of sp³-hybridized carbons (Fsp3) is 0.286. The van der Waals surface area contributed by atoms with Gasteiger partial charge in [0.05, 0.1) is 10.9 Å².